The van der Waals surface area contributed by atoms with E-state index in [1.165, 1.54) is 17.1 Å². The second kappa shape index (κ2) is 4.92. The van der Waals surface area contributed by atoms with Gasteiger partial charge in [-0.05, 0) is 6.92 Å². The Kier molecular flexibility index (Phi) is 3.33. The van der Waals surface area contributed by atoms with Crippen LogP contribution in [-0.2, 0) is 4.74 Å². The van der Waals surface area contributed by atoms with Crippen LogP contribution in [0, 0.1) is 0 Å². The monoisotopic (exact) mass is 267 g/mol. The smallest absolute Gasteiger partial charge is 0.369 e. The van der Waals surface area contributed by atoms with E-state index >= 15 is 0 Å². The highest BCUT2D eigenvalue weighted by Crippen LogP contribution is 2.15. The average Bonchev–Trinajstić information content (AvgIpc) is 2.98. The number of ether oxygens (including phenoxy) is 1. The van der Waals surface area contributed by atoms with Gasteiger partial charge < -0.3 is 10.5 Å². The third kappa shape index (κ3) is 2.35. The molecule has 8 nitrogen and oxygen atoms in total. The van der Waals surface area contributed by atoms with Crippen LogP contribution in [0.25, 0.3) is 5.13 Å². The van der Waals surface area contributed by atoms with E-state index in [0.29, 0.717) is 5.13 Å². The predicted octanol–water partition coefficient (Wildman–Crippen LogP) is -0.000600. The topological polar surface area (TPSA) is 113 Å². The number of amides is 1. The van der Waals surface area contributed by atoms with E-state index in [4.69, 9.17) is 10.5 Å². The molecule has 0 aliphatic carbocycles. The molecule has 1 amide bonds. The lowest BCUT2D eigenvalue weighted by atomic mass is 10.4. The first-order valence-corrected chi connectivity index (χ1v) is 5.79. The Morgan fingerprint density at radius 1 is 1.50 bits per heavy atom. The van der Waals surface area contributed by atoms with E-state index < -0.39 is 11.9 Å². The average molecular weight is 267 g/mol. The molecule has 18 heavy (non-hydrogen) atoms. The van der Waals surface area contributed by atoms with Gasteiger partial charge in [-0.3, -0.25) is 4.79 Å². The van der Waals surface area contributed by atoms with Crippen molar-refractivity contribution in [2.45, 2.75) is 6.92 Å². The van der Waals surface area contributed by atoms with E-state index in [1.54, 1.807) is 6.92 Å². The maximum atomic E-state index is 11.4. The number of primary amides is 1. The van der Waals surface area contributed by atoms with Gasteiger partial charge in [-0.2, -0.15) is 5.10 Å². The van der Waals surface area contributed by atoms with Crippen LogP contribution in [0.5, 0.6) is 0 Å². The molecule has 0 aliphatic heterocycles. The Balaban J connectivity index is 2.23. The van der Waals surface area contributed by atoms with Gasteiger partial charge in [0.25, 0.3) is 5.91 Å². The molecule has 94 valence electrons. The highest BCUT2D eigenvalue weighted by Gasteiger charge is 2.15. The molecule has 0 spiro atoms. The number of carbonyl (C=O) groups is 2. The normalized spacial score (nSPS) is 10.3. The summed E-state index contributed by atoms with van der Waals surface area (Å²) in [6.45, 7) is 1.97. The second-order valence-corrected chi connectivity index (χ2v) is 4.10. The molecule has 0 bridgehead atoms. The zero-order valence-corrected chi connectivity index (χ0v) is 10.2. The summed E-state index contributed by atoms with van der Waals surface area (Å²) in [6.07, 6.45) is 2.73. The summed E-state index contributed by atoms with van der Waals surface area (Å²) in [6, 6.07) is 0. The van der Waals surface area contributed by atoms with Crippen LogP contribution in [0.1, 0.15) is 27.1 Å². The second-order valence-electron chi connectivity index (χ2n) is 3.15. The molecular formula is C9H9N5O3S. The van der Waals surface area contributed by atoms with Gasteiger partial charge >= 0.3 is 5.97 Å². The van der Waals surface area contributed by atoms with Crippen LogP contribution in [0.4, 0.5) is 0 Å². The van der Waals surface area contributed by atoms with E-state index in [2.05, 4.69) is 15.3 Å². The maximum Gasteiger partial charge on any atom is 0.369 e. The maximum absolute atomic E-state index is 11.4. The molecule has 2 N–H and O–H groups in total. The summed E-state index contributed by atoms with van der Waals surface area (Å²) in [5.74, 6) is -1.13. The lowest BCUT2D eigenvalue weighted by molar-refractivity contribution is 0.0525. The van der Waals surface area contributed by atoms with Gasteiger partial charge in [-0.25, -0.2) is 9.48 Å². The first-order valence-electron chi connectivity index (χ1n) is 4.97. The predicted molar refractivity (Wildman–Crippen MR) is 61.5 cm³/mol. The Morgan fingerprint density at radius 2 is 2.28 bits per heavy atom. The fourth-order valence-electron chi connectivity index (χ4n) is 1.14. The van der Waals surface area contributed by atoms with Crippen molar-refractivity contribution in [2.75, 3.05) is 6.61 Å². The molecule has 9 heteroatoms. The van der Waals surface area contributed by atoms with E-state index in [0.717, 1.165) is 11.3 Å². The van der Waals surface area contributed by atoms with Crippen LogP contribution >= 0.6 is 11.3 Å². The van der Waals surface area contributed by atoms with Crippen molar-refractivity contribution < 1.29 is 14.3 Å². The highest BCUT2D eigenvalue weighted by molar-refractivity contribution is 7.15. The number of hydrogen-bond acceptors (Lipinski definition) is 7. The van der Waals surface area contributed by atoms with Crippen molar-refractivity contribution in [3.63, 3.8) is 0 Å². The summed E-state index contributed by atoms with van der Waals surface area (Å²) in [4.78, 5) is 22.3. The summed E-state index contributed by atoms with van der Waals surface area (Å²) < 4.78 is 6.11. The molecule has 2 aromatic rings. The standard InChI is InChI=1S/C9H9N5O3S/c1-2-17-8(16)7-12-13-9(18-7)14-4-5(3-11-14)6(10)15/h3-4H,2H2,1H3,(H2,10,15). The van der Waals surface area contributed by atoms with Gasteiger partial charge in [0.05, 0.1) is 18.4 Å². The van der Waals surface area contributed by atoms with Gasteiger partial charge in [0.1, 0.15) is 0 Å². The fourth-order valence-corrected chi connectivity index (χ4v) is 1.81. The van der Waals surface area contributed by atoms with Gasteiger partial charge in [-0.15, -0.1) is 10.2 Å². The molecule has 0 saturated carbocycles. The van der Waals surface area contributed by atoms with Crippen molar-refractivity contribution in [3.8, 4) is 5.13 Å². The zero-order valence-electron chi connectivity index (χ0n) is 9.36. The molecule has 0 aromatic carbocycles. The number of nitrogens with zero attached hydrogens (tertiary/aromatic N) is 4. The van der Waals surface area contributed by atoms with Crippen molar-refractivity contribution in [1.82, 2.24) is 20.0 Å². The quantitative estimate of drug-likeness (QED) is 0.780. The van der Waals surface area contributed by atoms with Crippen molar-refractivity contribution in [2.24, 2.45) is 5.73 Å². The minimum Gasteiger partial charge on any atom is -0.461 e. The van der Waals surface area contributed by atoms with E-state index in [9.17, 15) is 9.59 Å². The largest absolute Gasteiger partial charge is 0.461 e. The van der Waals surface area contributed by atoms with Crippen molar-refractivity contribution >= 4 is 23.2 Å². The molecular weight excluding hydrogens is 258 g/mol. The van der Waals surface area contributed by atoms with Crippen LogP contribution in [-0.4, -0.2) is 38.5 Å². The van der Waals surface area contributed by atoms with Crippen LogP contribution in [0.2, 0.25) is 0 Å². The first-order chi connectivity index (χ1) is 8.61. The highest BCUT2D eigenvalue weighted by atomic mass is 32.1. The van der Waals surface area contributed by atoms with Crippen molar-refractivity contribution in [3.05, 3.63) is 23.0 Å². The Labute approximate surface area is 105 Å². The SMILES string of the molecule is CCOC(=O)c1nnc(-n2cc(C(N)=O)cn2)s1. The number of carbonyl (C=O) groups excluding carboxylic acids is 2. The number of hydrogen-bond donors (Lipinski definition) is 1. The Bertz CT molecular complexity index is 591. The number of rotatable bonds is 4. The molecule has 0 saturated heterocycles. The summed E-state index contributed by atoms with van der Waals surface area (Å²) in [7, 11) is 0. The summed E-state index contributed by atoms with van der Waals surface area (Å²) >= 11 is 1.01. The van der Waals surface area contributed by atoms with Crippen molar-refractivity contribution in [1.29, 1.82) is 0 Å². The molecule has 0 atom stereocenters. The lowest BCUT2D eigenvalue weighted by Crippen LogP contribution is -2.09. The number of aromatic nitrogens is 4. The molecule has 0 aliphatic rings. The van der Waals surface area contributed by atoms with E-state index in [1.807, 2.05) is 0 Å². The van der Waals surface area contributed by atoms with Gasteiger partial charge in [0.15, 0.2) is 0 Å². The third-order valence-corrected chi connectivity index (χ3v) is 2.82. The van der Waals surface area contributed by atoms with Crippen LogP contribution in [0.3, 0.4) is 0 Å². The fraction of sp³-hybridized carbons (Fsp3) is 0.222. The molecule has 2 heterocycles. The first kappa shape index (κ1) is 12.2. The lowest BCUT2D eigenvalue weighted by Gasteiger charge is -1.94. The Morgan fingerprint density at radius 3 is 2.89 bits per heavy atom. The van der Waals surface area contributed by atoms with Crippen LogP contribution in [0.15, 0.2) is 12.4 Å². The minimum absolute atomic E-state index is 0.128. The van der Waals surface area contributed by atoms with Gasteiger partial charge in [0.2, 0.25) is 10.1 Å². The van der Waals surface area contributed by atoms with Gasteiger partial charge in [-0.1, -0.05) is 11.3 Å². The summed E-state index contributed by atoms with van der Waals surface area (Å²) in [5.41, 5.74) is 5.35. The van der Waals surface area contributed by atoms with Gasteiger partial charge in [0, 0.05) is 6.20 Å². The molecule has 0 radical (unpaired) electrons. The Hall–Kier alpha value is -2.29. The number of nitrogens with two attached hydrogens (primary N) is 1. The summed E-state index contributed by atoms with van der Waals surface area (Å²) in [5, 5.41) is 11.8. The third-order valence-electron chi connectivity index (χ3n) is 1.93. The zero-order chi connectivity index (χ0) is 13.1. The number of esters is 1. The van der Waals surface area contributed by atoms with E-state index in [-0.39, 0.29) is 17.2 Å². The molecule has 2 aromatic heterocycles. The minimum atomic E-state index is -0.587. The molecule has 0 unspecified atom stereocenters. The van der Waals surface area contributed by atoms with Crippen LogP contribution < -0.4 is 5.73 Å². The molecule has 2 rings (SSSR count). The molecule has 0 fully saturated rings.